The van der Waals surface area contributed by atoms with Gasteiger partial charge in [-0.15, -0.1) is 0 Å². The van der Waals surface area contributed by atoms with Crippen molar-refractivity contribution >= 4 is 12.0 Å². The molecule has 116 valence electrons. The average molecular weight is 286 g/mol. The molecule has 2 amide bonds. The van der Waals surface area contributed by atoms with Crippen molar-refractivity contribution in [1.82, 2.24) is 9.80 Å². The smallest absolute Gasteiger partial charge is 0.323 e. The SMILES string of the molecule is CCC(C)N(CCOC)C(=O)N(CC(=O)O)CC1CC1. The van der Waals surface area contributed by atoms with Crippen LogP contribution in [0.4, 0.5) is 4.79 Å². The van der Waals surface area contributed by atoms with Gasteiger partial charge < -0.3 is 19.6 Å². The Morgan fingerprint density at radius 2 is 2.05 bits per heavy atom. The molecule has 1 saturated carbocycles. The van der Waals surface area contributed by atoms with Crippen LogP contribution < -0.4 is 0 Å². The number of hydrogen-bond donors (Lipinski definition) is 1. The molecule has 1 aliphatic rings. The second kappa shape index (κ2) is 8.09. The molecule has 1 atom stereocenters. The van der Waals surface area contributed by atoms with E-state index in [1.165, 1.54) is 4.90 Å². The number of methoxy groups -OCH3 is 1. The summed E-state index contributed by atoms with van der Waals surface area (Å²) in [6.45, 7) is 5.26. The van der Waals surface area contributed by atoms with Gasteiger partial charge in [0.05, 0.1) is 6.61 Å². The Hall–Kier alpha value is -1.30. The average Bonchev–Trinajstić information content (AvgIpc) is 3.21. The van der Waals surface area contributed by atoms with Crippen LogP contribution in [0.15, 0.2) is 0 Å². The van der Waals surface area contributed by atoms with Crippen LogP contribution in [0.5, 0.6) is 0 Å². The topological polar surface area (TPSA) is 70.1 Å². The highest BCUT2D eigenvalue weighted by atomic mass is 16.5. The third-order valence-corrected chi connectivity index (χ3v) is 3.68. The van der Waals surface area contributed by atoms with Crippen molar-refractivity contribution in [3.8, 4) is 0 Å². The van der Waals surface area contributed by atoms with Gasteiger partial charge in [-0.3, -0.25) is 4.79 Å². The summed E-state index contributed by atoms with van der Waals surface area (Å²) in [5.74, 6) is -0.491. The molecule has 1 aliphatic carbocycles. The van der Waals surface area contributed by atoms with Crippen LogP contribution in [-0.2, 0) is 9.53 Å². The largest absolute Gasteiger partial charge is 0.480 e. The van der Waals surface area contributed by atoms with Crippen molar-refractivity contribution in [2.45, 2.75) is 39.2 Å². The maximum Gasteiger partial charge on any atom is 0.323 e. The maximum atomic E-state index is 12.6. The van der Waals surface area contributed by atoms with Gasteiger partial charge in [0.2, 0.25) is 0 Å². The summed E-state index contributed by atoms with van der Waals surface area (Å²) < 4.78 is 5.04. The molecule has 1 fully saturated rings. The summed E-state index contributed by atoms with van der Waals surface area (Å²) in [6, 6.07) is -0.112. The van der Waals surface area contributed by atoms with Gasteiger partial charge in [-0.2, -0.15) is 0 Å². The fourth-order valence-corrected chi connectivity index (χ4v) is 2.08. The minimum absolute atomic E-state index is 0.0770. The fraction of sp³-hybridized carbons (Fsp3) is 0.857. The van der Waals surface area contributed by atoms with Crippen LogP contribution in [0.1, 0.15) is 33.1 Å². The molecule has 0 radical (unpaired) electrons. The van der Waals surface area contributed by atoms with Crippen molar-refractivity contribution < 1.29 is 19.4 Å². The van der Waals surface area contributed by atoms with Crippen molar-refractivity contribution in [3.05, 3.63) is 0 Å². The van der Waals surface area contributed by atoms with Gasteiger partial charge in [0.25, 0.3) is 0 Å². The van der Waals surface area contributed by atoms with E-state index in [0.29, 0.717) is 25.6 Å². The number of carbonyl (C=O) groups is 2. The molecule has 6 heteroatoms. The zero-order valence-electron chi connectivity index (χ0n) is 12.7. The molecule has 1 rings (SSSR count). The maximum absolute atomic E-state index is 12.6. The van der Waals surface area contributed by atoms with E-state index in [1.54, 1.807) is 12.0 Å². The lowest BCUT2D eigenvalue weighted by molar-refractivity contribution is -0.137. The summed E-state index contributed by atoms with van der Waals surface area (Å²) in [4.78, 5) is 26.7. The normalized spacial score (nSPS) is 15.8. The number of hydrogen-bond acceptors (Lipinski definition) is 3. The van der Waals surface area contributed by atoms with Crippen molar-refractivity contribution in [3.63, 3.8) is 0 Å². The third kappa shape index (κ3) is 5.36. The fourth-order valence-electron chi connectivity index (χ4n) is 2.08. The van der Waals surface area contributed by atoms with Crippen LogP contribution in [-0.4, -0.2) is 66.3 Å². The summed E-state index contributed by atoms with van der Waals surface area (Å²) in [5, 5.41) is 8.98. The first-order chi connectivity index (χ1) is 9.49. The van der Waals surface area contributed by atoms with Gasteiger partial charge >= 0.3 is 12.0 Å². The minimum Gasteiger partial charge on any atom is -0.480 e. The second-order valence-electron chi connectivity index (χ2n) is 5.44. The van der Waals surface area contributed by atoms with Gasteiger partial charge in [-0.1, -0.05) is 6.92 Å². The Kier molecular flexibility index (Phi) is 6.78. The first-order valence-corrected chi connectivity index (χ1v) is 7.25. The molecule has 0 aromatic heterocycles. The van der Waals surface area contributed by atoms with Crippen molar-refractivity contribution in [1.29, 1.82) is 0 Å². The van der Waals surface area contributed by atoms with E-state index < -0.39 is 5.97 Å². The lowest BCUT2D eigenvalue weighted by Crippen LogP contribution is -2.50. The Morgan fingerprint density at radius 1 is 1.40 bits per heavy atom. The Bertz CT molecular complexity index is 331. The van der Waals surface area contributed by atoms with Crippen molar-refractivity contribution in [2.24, 2.45) is 5.92 Å². The van der Waals surface area contributed by atoms with E-state index in [-0.39, 0.29) is 18.6 Å². The highest BCUT2D eigenvalue weighted by Crippen LogP contribution is 2.30. The molecule has 0 aromatic carbocycles. The Morgan fingerprint density at radius 3 is 2.50 bits per heavy atom. The van der Waals surface area contributed by atoms with E-state index in [9.17, 15) is 9.59 Å². The number of rotatable bonds is 9. The quantitative estimate of drug-likeness (QED) is 0.699. The predicted octanol–water partition coefficient (Wildman–Crippen LogP) is 1.65. The zero-order valence-corrected chi connectivity index (χ0v) is 12.7. The highest BCUT2D eigenvalue weighted by molar-refractivity contribution is 5.80. The second-order valence-corrected chi connectivity index (χ2v) is 5.44. The summed E-state index contributed by atoms with van der Waals surface area (Å²) in [5.41, 5.74) is 0. The standard InChI is InChI=1S/C14H26N2O4/c1-4-11(2)16(7-8-20-3)14(19)15(10-13(17)18)9-12-5-6-12/h11-12H,4-10H2,1-3H3,(H,17,18). The van der Waals surface area contributed by atoms with Gasteiger partial charge in [0, 0.05) is 26.2 Å². The van der Waals surface area contributed by atoms with E-state index in [1.807, 2.05) is 13.8 Å². The Balaban J connectivity index is 2.71. The molecule has 1 N–H and O–H groups in total. The van der Waals surface area contributed by atoms with Crippen LogP contribution in [0.25, 0.3) is 0 Å². The van der Waals surface area contributed by atoms with Gasteiger partial charge in [0.1, 0.15) is 6.54 Å². The summed E-state index contributed by atoms with van der Waals surface area (Å²) in [6.07, 6.45) is 3.01. The van der Waals surface area contributed by atoms with E-state index in [2.05, 4.69) is 0 Å². The number of ether oxygens (including phenoxy) is 1. The predicted molar refractivity (Wildman–Crippen MR) is 75.7 cm³/mol. The van der Waals surface area contributed by atoms with Crippen LogP contribution in [0, 0.1) is 5.92 Å². The number of urea groups is 1. The Labute approximate surface area is 120 Å². The molecule has 0 spiro atoms. The number of carboxylic acids is 1. The van der Waals surface area contributed by atoms with Crippen molar-refractivity contribution in [2.75, 3.05) is 33.4 Å². The molecular formula is C14H26N2O4. The van der Waals surface area contributed by atoms with Gasteiger partial charge in [0.15, 0.2) is 0 Å². The summed E-state index contributed by atoms with van der Waals surface area (Å²) >= 11 is 0. The summed E-state index contributed by atoms with van der Waals surface area (Å²) in [7, 11) is 1.60. The molecule has 6 nitrogen and oxygen atoms in total. The molecule has 0 aliphatic heterocycles. The van der Waals surface area contributed by atoms with E-state index >= 15 is 0 Å². The molecule has 0 bridgehead atoms. The monoisotopic (exact) mass is 286 g/mol. The van der Waals surface area contributed by atoms with Crippen LogP contribution in [0.3, 0.4) is 0 Å². The van der Waals surface area contributed by atoms with Crippen LogP contribution >= 0.6 is 0 Å². The highest BCUT2D eigenvalue weighted by Gasteiger charge is 2.31. The third-order valence-electron chi connectivity index (χ3n) is 3.68. The number of carbonyl (C=O) groups excluding carboxylic acids is 1. The molecular weight excluding hydrogens is 260 g/mol. The molecule has 0 heterocycles. The first kappa shape index (κ1) is 16.8. The number of aliphatic carboxylic acids is 1. The van der Waals surface area contributed by atoms with Gasteiger partial charge in [-0.05, 0) is 32.1 Å². The number of carboxylic acid groups (broad SMARTS) is 1. The van der Waals surface area contributed by atoms with Crippen LogP contribution in [0.2, 0.25) is 0 Å². The van der Waals surface area contributed by atoms with Gasteiger partial charge in [-0.25, -0.2) is 4.79 Å². The molecule has 20 heavy (non-hydrogen) atoms. The van der Waals surface area contributed by atoms with E-state index in [4.69, 9.17) is 9.84 Å². The molecule has 0 saturated heterocycles. The lowest BCUT2D eigenvalue weighted by Gasteiger charge is -2.33. The molecule has 0 aromatic rings. The number of amides is 2. The first-order valence-electron chi connectivity index (χ1n) is 7.25. The van der Waals surface area contributed by atoms with E-state index in [0.717, 1.165) is 19.3 Å². The minimum atomic E-state index is -0.963. The number of nitrogens with zero attached hydrogens (tertiary/aromatic N) is 2. The lowest BCUT2D eigenvalue weighted by atomic mass is 10.2. The molecule has 1 unspecified atom stereocenters. The zero-order chi connectivity index (χ0) is 15.1.